The molecular formula is C26H25N5O5. The van der Waals surface area contributed by atoms with Crippen LogP contribution in [0.15, 0.2) is 72.8 Å². The highest BCUT2D eigenvalue weighted by Crippen LogP contribution is 2.28. The molecule has 0 spiro atoms. The van der Waals surface area contributed by atoms with Crippen LogP contribution >= 0.6 is 0 Å². The Balaban J connectivity index is 1.52. The zero-order valence-electron chi connectivity index (χ0n) is 19.6. The van der Waals surface area contributed by atoms with Crippen LogP contribution in [0.1, 0.15) is 19.8 Å². The second-order valence-electron chi connectivity index (χ2n) is 7.75. The summed E-state index contributed by atoms with van der Waals surface area (Å²) in [5.74, 6) is 1.90. The smallest absolute Gasteiger partial charge is 0.305 e. The third-order valence-corrected chi connectivity index (χ3v) is 5.13. The lowest BCUT2D eigenvalue weighted by atomic mass is 10.2. The predicted octanol–water partition coefficient (Wildman–Crippen LogP) is 5.83. The lowest BCUT2D eigenvalue weighted by Gasteiger charge is -2.12. The number of anilines is 3. The number of carbonyl (C=O) groups is 1. The fourth-order valence-electron chi connectivity index (χ4n) is 3.45. The highest BCUT2D eigenvalue weighted by molar-refractivity contribution is 5.92. The second kappa shape index (κ2) is 11.6. The molecule has 1 heterocycles. The van der Waals surface area contributed by atoms with E-state index in [0.29, 0.717) is 48.0 Å². The third kappa shape index (κ3) is 6.44. The number of nitro groups is 1. The van der Waals surface area contributed by atoms with Gasteiger partial charge in [0.05, 0.1) is 17.0 Å². The number of hydrogen-bond acceptors (Lipinski definition) is 9. The summed E-state index contributed by atoms with van der Waals surface area (Å²) in [7, 11) is 0. The van der Waals surface area contributed by atoms with Gasteiger partial charge < -0.3 is 20.1 Å². The lowest BCUT2D eigenvalue weighted by Crippen LogP contribution is -2.10. The summed E-state index contributed by atoms with van der Waals surface area (Å²) < 4.78 is 10.8. The van der Waals surface area contributed by atoms with Crippen LogP contribution in [0.4, 0.5) is 23.1 Å². The van der Waals surface area contributed by atoms with Crippen LogP contribution in [-0.2, 0) is 9.53 Å². The summed E-state index contributed by atoms with van der Waals surface area (Å²) >= 11 is 0. The standard InChI is InChI=1S/C26H25N5O5/c1-2-35-24(32)9-6-16-27-25-22-17-19(31(33)34)12-15-23(22)29-26(30-25)28-18-10-13-21(14-11-18)36-20-7-4-3-5-8-20/h3-5,7-8,10-15,17H,2,6,9,16H2,1H3,(H2,27,28,29,30). The molecule has 36 heavy (non-hydrogen) atoms. The molecule has 0 amide bonds. The van der Waals surface area contributed by atoms with Crippen molar-refractivity contribution >= 4 is 40.0 Å². The van der Waals surface area contributed by atoms with Gasteiger partial charge in [-0.15, -0.1) is 0 Å². The minimum atomic E-state index is -0.463. The van der Waals surface area contributed by atoms with Gasteiger partial charge in [0.15, 0.2) is 0 Å². The topological polar surface area (TPSA) is 129 Å². The van der Waals surface area contributed by atoms with E-state index in [1.54, 1.807) is 13.0 Å². The number of benzene rings is 3. The van der Waals surface area contributed by atoms with E-state index in [1.165, 1.54) is 12.1 Å². The first-order valence-corrected chi connectivity index (χ1v) is 11.5. The van der Waals surface area contributed by atoms with Crippen molar-refractivity contribution in [2.24, 2.45) is 0 Å². The van der Waals surface area contributed by atoms with Gasteiger partial charge in [0.25, 0.3) is 5.69 Å². The average Bonchev–Trinajstić information content (AvgIpc) is 2.88. The maximum atomic E-state index is 11.6. The Morgan fingerprint density at radius 3 is 2.47 bits per heavy atom. The van der Waals surface area contributed by atoms with Crippen molar-refractivity contribution in [2.45, 2.75) is 19.8 Å². The maximum absolute atomic E-state index is 11.6. The number of rotatable bonds is 11. The van der Waals surface area contributed by atoms with E-state index >= 15 is 0 Å². The number of nitro benzene ring substituents is 1. The molecule has 2 N–H and O–H groups in total. The molecule has 10 heteroatoms. The zero-order chi connectivity index (χ0) is 25.3. The van der Waals surface area contributed by atoms with Crippen LogP contribution in [-0.4, -0.2) is 34.0 Å². The van der Waals surface area contributed by atoms with Gasteiger partial charge in [0.1, 0.15) is 17.3 Å². The van der Waals surface area contributed by atoms with E-state index in [1.807, 2.05) is 54.6 Å². The number of fused-ring (bicyclic) bond motifs is 1. The average molecular weight is 488 g/mol. The largest absolute Gasteiger partial charge is 0.466 e. The number of hydrogen-bond donors (Lipinski definition) is 2. The van der Waals surface area contributed by atoms with Gasteiger partial charge in [-0.3, -0.25) is 14.9 Å². The molecule has 0 unspecified atom stereocenters. The summed E-state index contributed by atoms with van der Waals surface area (Å²) in [5, 5.41) is 18.1. The third-order valence-electron chi connectivity index (χ3n) is 5.13. The van der Waals surface area contributed by atoms with Gasteiger partial charge >= 0.3 is 5.97 Å². The number of ether oxygens (including phenoxy) is 2. The molecule has 10 nitrogen and oxygen atoms in total. The monoisotopic (exact) mass is 487 g/mol. The van der Waals surface area contributed by atoms with Crippen molar-refractivity contribution < 1.29 is 19.2 Å². The quantitative estimate of drug-likeness (QED) is 0.116. The van der Waals surface area contributed by atoms with E-state index in [9.17, 15) is 14.9 Å². The Bertz CT molecular complexity index is 1350. The number of nitrogens with one attached hydrogen (secondary N) is 2. The van der Waals surface area contributed by atoms with Crippen molar-refractivity contribution in [1.29, 1.82) is 0 Å². The summed E-state index contributed by atoms with van der Waals surface area (Å²) in [6.45, 7) is 2.52. The van der Waals surface area contributed by atoms with Crippen molar-refractivity contribution in [3.8, 4) is 11.5 Å². The number of aromatic nitrogens is 2. The summed E-state index contributed by atoms with van der Waals surface area (Å²) in [5.41, 5.74) is 1.22. The van der Waals surface area contributed by atoms with E-state index < -0.39 is 4.92 Å². The highest BCUT2D eigenvalue weighted by atomic mass is 16.6. The van der Waals surface area contributed by atoms with Crippen LogP contribution < -0.4 is 15.4 Å². The van der Waals surface area contributed by atoms with Gasteiger partial charge in [-0.2, -0.15) is 4.98 Å². The van der Waals surface area contributed by atoms with Crippen molar-refractivity contribution in [1.82, 2.24) is 9.97 Å². The van der Waals surface area contributed by atoms with Crippen LogP contribution in [0.25, 0.3) is 10.9 Å². The Morgan fingerprint density at radius 2 is 1.75 bits per heavy atom. The van der Waals surface area contributed by atoms with Crippen molar-refractivity contribution in [3.63, 3.8) is 0 Å². The van der Waals surface area contributed by atoms with Crippen LogP contribution in [0, 0.1) is 10.1 Å². The molecule has 0 saturated heterocycles. The van der Waals surface area contributed by atoms with E-state index in [2.05, 4.69) is 20.6 Å². The zero-order valence-corrected chi connectivity index (χ0v) is 19.6. The normalized spacial score (nSPS) is 10.6. The molecule has 0 aliphatic rings. The number of carbonyl (C=O) groups excluding carboxylic acids is 1. The molecule has 0 aliphatic heterocycles. The maximum Gasteiger partial charge on any atom is 0.305 e. The van der Waals surface area contributed by atoms with Gasteiger partial charge in [0, 0.05) is 36.2 Å². The van der Waals surface area contributed by atoms with E-state index in [0.717, 1.165) is 11.4 Å². The number of non-ortho nitro benzene ring substituents is 1. The van der Waals surface area contributed by atoms with Gasteiger partial charge in [-0.1, -0.05) is 18.2 Å². The minimum Gasteiger partial charge on any atom is -0.466 e. The van der Waals surface area contributed by atoms with E-state index in [-0.39, 0.29) is 18.1 Å². The fraction of sp³-hybridized carbons (Fsp3) is 0.192. The molecule has 0 atom stereocenters. The Kier molecular flexibility index (Phi) is 7.87. The minimum absolute atomic E-state index is 0.0598. The molecule has 1 aromatic heterocycles. The number of para-hydroxylation sites is 1. The molecule has 0 aliphatic carbocycles. The summed E-state index contributed by atoms with van der Waals surface area (Å²) in [6, 6.07) is 21.2. The van der Waals surface area contributed by atoms with E-state index in [4.69, 9.17) is 9.47 Å². The Morgan fingerprint density at radius 1 is 1.00 bits per heavy atom. The number of nitrogens with zero attached hydrogens (tertiary/aromatic N) is 3. The first-order chi connectivity index (χ1) is 17.5. The first kappa shape index (κ1) is 24.4. The van der Waals surface area contributed by atoms with Crippen LogP contribution in [0.2, 0.25) is 0 Å². The number of esters is 1. The molecule has 3 aromatic carbocycles. The Labute approximate surface area is 207 Å². The van der Waals surface area contributed by atoms with Gasteiger partial charge in [-0.05, 0) is 55.8 Å². The van der Waals surface area contributed by atoms with Gasteiger partial charge in [0.2, 0.25) is 5.95 Å². The molecule has 4 rings (SSSR count). The van der Waals surface area contributed by atoms with Crippen molar-refractivity contribution in [2.75, 3.05) is 23.8 Å². The predicted molar refractivity (Wildman–Crippen MR) is 137 cm³/mol. The second-order valence-corrected chi connectivity index (χ2v) is 7.75. The van der Waals surface area contributed by atoms with Crippen LogP contribution in [0.5, 0.6) is 11.5 Å². The molecular weight excluding hydrogens is 462 g/mol. The van der Waals surface area contributed by atoms with Crippen LogP contribution in [0.3, 0.4) is 0 Å². The lowest BCUT2D eigenvalue weighted by molar-refractivity contribution is -0.384. The molecule has 184 valence electrons. The molecule has 4 aromatic rings. The highest BCUT2D eigenvalue weighted by Gasteiger charge is 2.14. The first-order valence-electron chi connectivity index (χ1n) is 11.5. The SMILES string of the molecule is CCOC(=O)CCCNc1nc(Nc2ccc(Oc3ccccc3)cc2)nc2ccc([N+](=O)[O-])cc12. The van der Waals surface area contributed by atoms with Crippen molar-refractivity contribution in [3.05, 3.63) is 82.9 Å². The fourth-order valence-corrected chi connectivity index (χ4v) is 3.45. The Hall–Kier alpha value is -4.73. The molecule has 0 radical (unpaired) electrons. The molecule has 0 fully saturated rings. The summed E-state index contributed by atoms with van der Waals surface area (Å²) in [4.78, 5) is 31.5. The van der Waals surface area contributed by atoms with Gasteiger partial charge in [-0.25, -0.2) is 4.98 Å². The molecule has 0 bridgehead atoms. The molecule has 0 saturated carbocycles. The summed E-state index contributed by atoms with van der Waals surface area (Å²) in [6.07, 6.45) is 0.775.